The summed E-state index contributed by atoms with van der Waals surface area (Å²) in [6.07, 6.45) is -0.629. The van der Waals surface area contributed by atoms with E-state index < -0.39 is 6.10 Å². The minimum Gasteiger partial charge on any atom is -0.386 e. The highest BCUT2D eigenvalue weighted by Crippen LogP contribution is 2.17. The first kappa shape index (κ1) is 15.8. The summed E-state index contributed by atoms with van der Waals surface area (Å²) in [5, 5.41) is 17.5. The van der Waals surface area contributed by atoms with Gasteiger partial charge in [-0.25, -0.2) is 0 Å². The molecule has 0 spiro atoms. The summed E-state index contributed by atoms with van der Waals surface area (Å²) in [5.74, 6) is 0. The van der Waals surface area contributed by atoms with Crippen LogP contribution in [0.3, 0.4) is 0 Å². The molecule has 3 nitrogen and oxygen atoms in total. The zero-order valence-corrected chi connectivity index (χ0v) is 13.2. The van der Waals surface area contributed by atoms with E-state index in [9.17, 15) is 5.11 Å². The maximum absolute atomic E-state index is 10.3. The van der Waals surface area contributed by atoms with Crippen LogP contribution < -0.4 is 10.6 Å². The predicted octanol–water partition coefficient (Wildman–Crippen LogP) is 3.75. The van der Waals surface area contributed by atoms with Crippen molar-refractivity contribution >= 4 is 34.6 Å². The van der Waals surface area contributed by atoms with Crippen LogP contribution in [0.4, 0.5) is 5.69 Å². The average molecular weight is 321 g/mol. The molecule has 0 saturated heterocycles. The fraction of sp³-hybridized carbons (Fsp3) is 0.188. The van der Waals surface area contributed by atoms with Gasteiger partial charge in [0.1, 0.15) is 0 Å². The highest BCUT2D eigenvalue weighted by atomic mass is 35.5. The van der Waals surface area contributed by atoms with E-state index in [-0.39, 0.29) is 6.04 Å². The molecule has 0 aliphatic carbocycles. The number of halogens is 1. The summed E-state index contributed by atoms with van der Waals surface area (Å²) >= 11 is 11.1. The Morgan fingerprint density at radius 3 is 2.33 bits per heavy atom. The van der Waals surface area contributed by atoms with Gasteiger partial charge in [0.15, 0.2) is 5.11 Å². The molecular weight excluding hydrogens is 304 g/mol. The third kappa shape index (κ3) is 4.70. The van der Waals surface area contributed by atoms with Gasteiger partial charge in [-0.05, 0) is 49.0 Å². The molecule has 2 rings (SSSR count). The summed E-state index contributed by atoms with van der Waals surface area (Å²) < 4.78 is 0. The number of hydrogen-bond acceptors (Lipinski definition) is 2. The van der Waals surface area contributed by atoms with Crippen LogP contribution in [0, 0.1) is 0 Å². The van der Waals surface area contributed by atoms with E-state index in [0.717, 1.165) is 11.3 Å². The Balaban J connectivity index is 1.91. The Morgan fingerprint density at radius 2 is 1.71 bits per heavy atom. The lowest BCUT2D eigenvalue weighted by Crippen LogP contribution is -2.39. The number of hydrogen-bond donors (Lipinski definition) is 3. The van der Waals surface area contributed by atoms with E-state index in [1.165, 1.54) is 0 Å². The van der Waals surface area contributed by atoms with Crippen molar-refractivity contribution in [2.45, 2.75) is 19.1 Å². The number of aliphatic hydroxyl groups excluding tert-OH is 1. The SMILES string of the molecule is C[C@H](NC(=S)Nc1ccc(Cl)cc1)[C@H](O)c1ccccc1. The van der Waals surface area contributed by atoms with E-state index in [4.69, 9.17) is 23.8 Å². The van der Waals surface area contributed by atoms with Crippen molar-refractivity contribution < 1.29 is 5.11 Å². The molecule has 0 saturated carbocycles. The Hall–Kier alpha value is -1.62. The lowest BCUT2D eigenvalue weighted by Gasteiger charge is -2.22. The smallest absolute Gasteiger partial charge is 0.171 e. The maximum Gasteiger partial charge on any atom is 0.171 e. The molecule has 0 heterocycles. The molecule has 2 aromatic rings. The maximum atomic E-state index is 10.3. The van der Waals surface area contributed by atoms with Gasteiger partial charge in [0.25, 0.3) is 0 Å². The molecule has 5 heteroatoms. The Bertz CT molecular complexity index is 589. The van der Waals surface area contributed by atoms with Crippen LogP contribution in [0.15, 0.2) is 54.6 Å². The minimum absolute atomic E-state index is 0.209. The largest absolute Gasteiger partial charge is 0.386 e. The second-order valence-corrected chi connectivity index (χ2v) is 5.59. The first-order valence-corrected chi connectivity index (χ1v) is 7.41. The van der Waals surface area contributed by atoms with Crippen molar-refractivity contribution in [1.82, 2.24) is 5.32 Å². The molecule has 0 amide bonds. The molecule has 0 radical (unpaired) electrons. The third-order valence-electron chi connectivity index (χ3n) is 3.08. The fourth-order valence-corrected chi connectivity index (χ4v) is 2.35. The van der Waals surface area contributed by atoms with E-state index in [1.54, 1.807) is 12.1 Å². The van der Waals surface area contributed by atoms with Crippen molar-refractivity contribution in [3.63, 3.8) is 0 Å². The molecule has 2 aromatic carbocycles. The molecule has 2 atom stereocenters. The van der Waals surface area contributed by atoms with E-state index in [1.807, 2.05) is 49.4 Å². The van der Waals surface area contributed by atoms with Crippen LogP contribution in [-0.4, -0.2) is 16.3 Å². The quantitative estimate of drug-likeness (QED) is 0.751. The number of anilines is 1. The van der Waals surface area contributed by atoms with E-state index in [0.29, 0.717) is 10.1 Å². The Kier molecular flexibility index (Phi) is 5.56. The molecular formula is C16H17ClN2OS. The summed E-state index contributed by atoms with van der Waals surface area (Å²) in [7, 11) is 0. The van der Waals surface area contributed by atoms with Crippen LogP contribution >= 0.6 is 23.8 Å². The average Bonchev–Trinajstić information content (AvgIpc) is 2.49. The van der Waals surface area contributed by atoms with E-state index in [2.05, 4.69) is 10.6 Å². The third-order valence-corrected chi connectivity index (χ3v) is 3.55. The Morgan fingerprint density at radius 1 is 1.10 bits per heavy atom. The van der Waals surface area contributed by atoms with Crippen LogP contribution in [0.25, 0.3) is 0 Å². The monoisotopic (exact) mass is 320 g/mol. The van der Waals surface area contributed by atoms with Gasteiger partial charge in [0, 0.05) is 10.7 Å². The fourth-order valence-electron chi connectivity index (χ4n) is 1.93. The highest BCUT2D eigenvalue weighted by molar-refractivity contribution is 7.80. The molecule has 0 fully saturated rings. The standard InChI is InChI=1S/C16H17ClN2OS/c1-11(15(20)12-5-3-2-4-6-12)18-16(21)19-14-9-7-13(17)8-10-14/h2-11,15,20H,1H3,(H2,18,19,21)/t11-,15-/m0/s1. The lowest BCUT2D eigenvalue weighted by molar-refractivity contribution is 0.145. The Labute approximate surface area is 135 Å². The summed E-state index contributed by atoms with van der Waals surface area (Å²) in [6, 6.07) is 16.5. The molecule has 3 N–H and O–H groups in total. The number of rotatable bonds is 4. The van der Waals surface area contributed by atoms with Crippen molar-refractivity contribution in [3.8, 4) is 0 Å². The second kappa shape index (κ2) is 7.41. The van der Waals surface area contributed by atoms with Crippen molar-refractivity contribution in [2.75, 3.05) is 5.32 Å². The summed E-state index contributed by atoms with van der Waals surface area (Å²) in [5.41, 5.74) is 1.70. The molecule has 0 unspecified atom stereocenters. The molecule has 0 aliphatic rings. The highest BCUT2D eigenvalue weighted by Gasteiger charge is 2.16. The van der Waals surface area contributed by atoms with Crippen molar-refractivity contribution in [1.29, 1.82) is 0 Å². The number of benzene rings is 2. The number of nitrogens with one attached hydrogen (secondary N) is 2. The zero-order chi connectivity index (χ0) is 15.2. The molecule has 110 valence electrons. The van der Waals surface area contributed by atoms with Gasteiger partial charge in [0.05, 0.1) is 12.1 Å². The number of thiocarbonyl (C=S) groups is 1. The minimum atomic E-state index is -0.629. The summed E-state index contributed by atoms with van der Waals surface area (Å²) in [4.78, 5) is 0. The van der Waals surface area contributed by atoms with Gasteiger partial charge in [-0.1, -0.05) is 41.9 Å². The van der Waals surface area contributed by atoms with Gasteiger partial charge in [-0.3, -0.25) is 0 Å². The predicted molar refractivity (Wildman–Crippen MR) is 91.7 cm³/mol. The van der Waals surface area contributed by atoms with Gasteiger partial charge in [-0.15, -0.1) is 0 Å². The molecule has 0 aromatic heterocycles. The normalized spacial score (nSPS) is 13.3. The van der Waals surface area contributed by atoms with Crippen molar-refractivity contribution in [2.24, 2.45) is 0 Å². The lowest BCUT2D eigenvalue weighted by atomic mass is 10.0. The molecule has 21 heavy (non-hydrogen) atoms. The number of aliphatic hydroxyl groups is 1. The second-order valence-electron chi connectivity index (χ2n) is 4.75. The van der Waals surface area contributed by atoms with Gasteiger partial charge < -0.3 is 15.7 Å². The molecule has 0 aliphatic heterocycles. The topological polar surface area (TPSA) is 44.3 Å². The van der Waals surface area contributed by atoms with Crippen LogP contribution in [0.2, 0.25) is 5.02 Å². The van der Waals surface area contributed by atoms with Gasteiger partial charge >= 0.3 is 0 Å². The van der Waals surface area contributed by atoms with Crippen LogP contribution in [0.5, 0.6) is 0 Å². The first-order valence-electron chi connectivity index (χ1n) is 6.62. The summed E-state index contributed by atoms with van der Waals surface area (Å²) in [6.45, 7) is 1.88. The van der Waals surface area contributed by atoms with Crippen LogP contribution in [-0.2, 0) is 0 Å². The molecule has 0 bridgehead atoms. The van der Waals surface area contributed by atoms with Gasteiger partial charge in [0.2, 0.25) is 0 Å². The van der Waals surface area contributed by atoms with Gasteiger partial charge in [-0.2, -0.15) is 0 Å². The van der Waals surface area contributed by atoms with Crippen molar-refractivity contribution in [3.05, 3.63) is 65.2 Å². The van der Waals surface area contributed by atoms with Crippen LogP contribution in [0.1, 0.15) is 18.6 Å². The van der Waals surface area contributed by atoms with E-state index >= 15 is 0 Å². The first-order chi connectivity index (χ1) is 10.1. The zero-order valence-electron chi connectivity index (χ0n) is 11.6.